The van der Waals surface area contributed by atoms with E-state index in [9.17, 15) is 0 Å². The molecule has 0 amide bonds. The molecule has 1 heterocycles. The van der Waals surface area contributed by atoms with Crippen LogP contribution in [0.1, 0.15) is 43.2 Å². The van der Waals surface area contributed by atoms with E-state index in [1.165, 1.54) is 61.9 Å². The van der Waals surface area contributed by atoms with Crippen LogP contribution < -0.4 is 10.2 Å². The number of allylic oxidation sites excluding steroid dienone is 1. The van der Waals surface area contributed by atoms with E-state index in [0.29, 0.717) is 0 Å². The van der Waals surface area contributed by atoms with Crippen molar-refractivity contribution in [3.63, 3.8) is 0 Å². The summed E-state index contributed by atoms with van der Waals surface area (Å²) in [6, 6.07) is 6.93. The minimum atomic E-state index is 1.00. The standard InChI is InChI=1S/C18H26N2/c1-20-12-10-17-13-16(7-8-18(17)20)14-19-11-9-15-5-3-2-4-6-15/h5,7-8,13,19H,2-4,6,9-12,14H2,1H3. The van der Waals surface area contributed by atoms with Gasteiger partial charge in [-0.05, 0) is 62.3 Å². The number of nitrogens with zero attached hydrogens (tertiary/aromatic N) is 1. The van der Waals surface area contributed by atoms with E-state index in [0.717, 1.165) is 13.1 Å². The van der Waals surface area contributed by atoms with Crippen LogP contribution in [0.4, 0.5) is 5.69 Å². The fourth-order valence-electron chi connectivity index (χ4n) is 3.34. The number of hydrogen-bond acceptors (Lipinski definition) is 2. The summed E-state index contributed by atoms with van der Waals surface area (Å²) in [7, 11) is 2.18. The van der Waals surface area contributed by atoms with Gasteiger partial charge in [0.1, 0.15) is 0 Å². The topological polar surface area (TPSA) is 15.3 Å². The molecule has 2 aliphatic rings. The summed E-state index contributed by atoms with van der Waals surface area (Å²) < 4.78 is 0. The van der Waals surface area contributed by atoms with Crippen LogP contribution in [0.25, 0.3) is 0 Å². The third kappa shape index (κ3) is 3.24. The first kappa shape index (κ1) is 13.7. The highest BCUT2D eigenvalue weighted by Gasteiger charge is 2.15. The summed E-state index contributed by atoms with van der Waals surface area (Å²) >= 11 is 0. The first-order valence-corrected chi connectivity index (χ1v) is 8.04. The Balaban J connectivity index is 1.46. The molecule has 20 heavy (non-hydrogen) atoms. The molecular weight excluding hydrogens is 244 g/mol. The SMILES string of the molecule is CN1CCc2cc(CNCCC3=CCCCC3)ccc21. The highest BCUT2D eigenvalue weighted by Crippen LogP contribution is 2.27. The molecule has 1 N–H and O–H groups in total. The van der Waals surface area contributed by atoms with Gasteiger partial charge in [-0.25, -0.2) is 0 Å². The predicted octanol–water partition coefficient (Wildman–Crippen LogP) is 3.66. The average Bonchev–Trinajstić information content (AvgIpc) is 2.86. The van der Waals surface area contributed by atoms with Crippen LogP contribution in [-0.2, 0) is 13.0 Å². The molecule has 0 atom stereocenters. The molecule has 0 unspecified atom stereocenters. The zero-order valence-electron chi connectivity index (χ0n) is 12.6. The molecule has 0 aromatic heterocycles. The maximum atomic E-state index is 3.60. The second-order valence-corrected chi connectivity index (χ2v) is 6.17. The van der Waals surface area contributed by atoms with Gasteiger partial charge in [0.2, 0.25) is 0 Å². The van der Waals surface area contributed by atoms with Gasteiger partial charge >= 0.3 is 0 Å². The monoisotopic (exact) mass is 270 g/mol. The number of likely N-dealkylation sites (N-methyl/N-ethyl adjacent to an activating group) is 1. The van der Waals surface area contributed by atoms with Crippen molar-refractivity contribution in [3.8, 4) is 0 Å². The van der Waals surface area contributed by atoms with Crippen molar-refractivity contribution < 1.29 is 0 Å². The van der Waals surface area contributed by atoms with Crippen LogP contribution in [0.5, 0.6) is 0 Å². The molecule has 3 rings (SSSR count). The van der Waals surface area contributed by atoms with Crippen LogP contribution in [0.3, 0.4) is 0 Å². The Hall–Kier alpha value is -1.28. The van der Waals surface area contributed by atoms with Crippen molar-refractivity contribution >= 4 is 5.69 Å². The molecule has 0 radical (unpaired) electrons. The van der Waals surface area contributed by atoms with Crippen LogP contribution >= 0.6 is 0 Å². The van der Waals surface area contributed by atoms with Crippen molar-refractivity contribution in [1.82, 2.24) is 5.32 Å². The Morgan fingerprint density at radius 3 is 3.00 bits per heavy atom. The van der Waals surface area contributed by atoms with Gasteiger partial charge in [0.05, 0.1) is 0 Å². The molecule has 2 heteroatoms. The van der Waals surface area contributed by atoms with E-state index in [4.69, 9.17) is 0 Å². The lowest BCUT2D eigenvalue weighted by Crippen LogP contribution is -2.16. The lowest BCUT2D eigenvalue weighted by Gasteiger charge is -2.14. The first-order valence-electron chi connectivity index (χ1n) is 8.04. The van der Waals surface area contributed by atoms with Crippen LogP contribution in [0.2, 0.25) is 0 Å². The van der Waals surface area contributed by atoms with Crippen LogP contribution in [0.15, 0.2) is 29.8 Å². The summed E-state index contributed by atoms with van der Waals surface area (Å²) in [5, 5.41) is 3.60. The van der Waals surface area contributed by atoms with Gasteiger partial charge in [-0.2, -0.15) is 0 Å². The van der Waals surface area contributed by atoms with E-state index >= 15 is 0 Å². The molecule has 108 valence electrons. The molecule has 0 spiro atoms. The summed E-state index contributed by atoms with van der Waals surface area (Å²) in [6.45, 7) is 3.29. The zero-order chi connectivity index (χ0) is 13.8. The Morgan fingerprint density at radius 2 is 2.15 bits per heavy atom. The lowest BCUT2D eigenvalue weighted by molar-refractivity contribution is 0.632. The Morgan fingerprint density at radius 1 is 1.20 bits per heavy atom. The van der Waals surface area contributed by atoms with E-state index in [-0.39, 0.29) is 0 Å². The van der Waals surface area contributed by atoms with Gasteiger partial charge < -0.3 is 10.2 Å². The zero-order valence-corrected chi connectivity index (χ0v) is 12.6. The maximum Gasteiger partial charge on any atom is 0.0397 e. The van der Waals surface area contributed by atoms with Crippen molar-refractivity contribution in [2.75, 3.05) is 25.0 Å². The van der Waals surface area contributed by atoms with Gasteiger partial charge in [-0.15, -0.1) is 0 Å². The number of benzene rings is 1. The highest BCUT2D eigenvalue weighted by molar-refractivity contribution is 5.58. The molecule has 1 aromatic carbocycles. The molecule has 0 saturated carbocycles. The molecule has 1 aliphatic heterocycles. The summed E-state index contributed by atoms with van der Waals surface area (Å²) in [4.78, 5) is 2.35. The Bertz CT molecular complexity index is 490. The Labute approximate surface area is 122 Å². The Kier molecular flexibility index (Phi) is 4.41. The molecule has 2 nitrogen and oxygen atoms in total. The lowest BCUT2D eigenvalue weighted by atomic mass is 9.97. The molecule has 1 aromatic rings. The fourth-order valence-corrected chi connectivity index (χ4v) is 3.34. The first-order chi connectivity index (χ1) is 9.83. The minimum Gasteiger partial charge on any atom is -0.374 e. The van der Waals surface area contributed by atoms with Crippen molar-refractivity contribution in [3.05, 3.63) is 41.0 Å². The smallest absolute Gasteiger partial charge is 0.0397 e. The van der Waals surface area contributed by atoms with Crippen molar-refractivity contribution in [2.24, 2.45) is 0 Å². The third-order valence-electron chi connectivity index (χ3n) is 4.61. The van der Waals surface area contributed by atoms with Gasteiger partial charge in [0.15, 0.2) is 0 Å². The number of anilines is 1. The quantitative estimate of drug-likeness (QED) is 0.649. The molecule has 0 fully saturated rings. The molecular formula is C18H26N2. The fraction of sp³-hybridized carbons (Fsp3) is 0.556. The second kappa shape index (κ2) is 6.45. The third-order valence-corrected chi connectivity index (χ3v) is 4.61. The summed E-state index contributed by atoms with van der Waals surface area (Å²) in [5.74, 6) is 0. The molecule has 0 saturated heterocycles. The summed E-state index contributed by atoms with van der Waals surface area (Å²) in [6.07, 6.45) is 10.3. The largest absolute Gasteiger partial charge is 0.374 e. The second-order valence-electron chi connectivity index (χ2n) is 6.17. The van der Waals surface area contributed by atoms with Gasteiger partial charge in [0.25, 0.3) is 0 Å². The average molecular weight is 270 g/mol. The van der Waals surface area contributed by atoms with Crippen LogP contribution in [-0.4, -0.2) is 20.1 Å². The number of fused-ring (bicyclic) bond motifs is 1. The van der Waals surface area contributed by atoms with Crippen molar-refractivity contribution in [2.45, 2.75) is 45.1 Å². The molecule has 1 aliphatic carbocycles. The number of rotatable bonds is 5. The van der Waals surface area contributed by atoms with E-state index < -0.39 is 0 Å². The number of nitrogens with one attached hydrogen (secondary N) is 1. The normalized spacial score (nSPS) is 18.1. The minimum absolute atomic E-state index is 1.00. The van der Waals surface area contributed by atoms with E-state index in [1.54, 1.807) is 5.57 Å². The highest BCUT2D eigenvalue weighted by atomic mass is 15.1. The van der Waals surface area contributed by atoms with E-state index in [2.05, 4.69) is 41.5 Å². The number of hydrogen-bond donors (Lipinski definition) is 1. The van der Waals surface area contributed by atoms with Gasteiger partial charge in [-0.3, -0.25) is 0 Å². The van der Waals surface area contributed by atoms with E-state index in [1.807, 2.05) is 0 Å². The maximum absolute atomic E-state index is 3.60. The van der Waals surface area contributed by atoms with Gasteiger partial charge in [0, 0.05) is 25.8 Å². The van der Waals surface area contributed by atoms with Crippen LogP contribution in [0, 0.1) is 0 Å². The molecule has 0 bridgehead atoms. The summed E-state index contributed by atoms with van der Waals surface area (Å²) in [5.41, 5.74) is 6.03. The van der Waals surface area contributed by atoms with Gasteiger partial charge in [-0.1, -0.05) is 23.8 Å². The predicted molar refractivity (Wildman–Crippen MR) is 86.3 cm³/mol. The van der Waals surface area contributed by atoms with Crippen molar-refractivity contribution in [1.29, 1.82) is 0 Å².